The maximum atomic E-state index is 13.8. The van der Waals surface area contributed by atoms with Crippen LogP contribution in [0.25, 0.3) is 11.5 Å². The van der Waals surface area contributed by atoms with E-state index in [2.05, 4.69) is 10.1 Å². The number of anilines is 1. The standard InChI is InChI=1S/C19H16F2N4O2/c20-14-6-7-15(16(21)12-14)18(26)24-8-10-25(11-9-24)19-22-17(27-23-19)13-4-2-1-3-5-13/h1-7,12H,8-11H2. The van der Waals surface area contributed by atoms with Crippen molar-refractivity contribution < 1.29 is 18.1 Å². The average molecular weight is 370 g/mol. The first-order valence-corrected chi connectivity index (χ1v) is 8.50. The Morgan fingerprint density at radius 1 is 1.00 bits per heavy atom. The van der Waals surface area contributed by atoms with Crippen molar-refractivity contribution in [2.45, 2.75) is 0 Å². The second-order valence-corrected chi connectivity index (χ2v) is 6.17. The molecular weight excluding hydrogens is 354 g/mol. The first-order chi connectivity index (χ1) is 13.1. The van der Waals surface area contributed by atoms with Gasteiger partial charge in [0.05, 0.1) is 5.56 Å². The number of piperazine rings is 1. The minimum absolute atomic E-state index is 0.129. The lowest BCUT2D eigenvalue weighted by Gasteiger charge is -2.33. The number of halogens is 2. The second kappa shape index (κ2) is 7.14. The van der Waals surface area contributed by atoms with E-state index in [1.54, 1.807) is 0 Å². The number of carbonyl (C=O) groups excluding carboxylic acids is 1. The van der Waals surface area contributed by atoms with Gasteiger partial charge < -0.3 is 14.3 Å². The van der Waals surface area contributed by atoms with Gasteiger partial charge in [0.15, 0.2) is 0 Å². The Morgan fingerprint density at radius 2 is 1.74 bits per heavy atom. The first kappa shape index (κ1) is 17.1. The Balaban J connectivity index is 1.42. The minimum Gasteiger partial charge on any atom is -0.335 e. The van der Waals surface area contributed by atoms with Gasteiger partial charge in [-0.2, -0.15) is 4.98 Å². The lowest BCUT2D eigenvalue weighted by Crippen LogP contribution is -2.49. The predicted molar refractivity (Wildman–Crippen MR) is 94.2 cm³/mol. The zero-order chi connectivity index (χ0) is 18.8. The van der Waals surface area contributed by atoms with Gasteiger partial charge in [-0.3, -0.25) is 4.79 Å². The summed E-state index contributed by atoms with van der Waals surface area (Å²) in [6.45, 7) is 1.74. The highest BCUT2D eigenvalue weighted by molar-refractivity contribution is 5.94. The molecule has 8 heteroatoms. The van der Waals surface area contributed by atoms with Crippen LogP contribution >= 0.6 is 0 Å². The maximum absolute atomic E-state index is 13.8. The molecule has 1 amide bonds. The van der Waals surface area contributed by atoms with Crippen LogP contribution in [0.2, 0.25) is 0 Å². The SMILES string of the molecule is O=C(c1ccc(F)cc1F)N1CCN(c2noc(-c3ccccc3)n2)CC1. The van der Waals surface area contributed by atoms with Crippen molar-refractivity contribution in [3.63, 3.8) is 0 Å². The van der Waals surface area contributed by atoms with E-state index in [0.717, 1.165) is 11.6 Å². The summed E-state index contributed by atoms with van der Waals surface area (Å²) in [4.78, 5) is 20.3. The molecule has 0 radical (unpaired) electrons. The Bertz CT molecular complexity index is 953. The minimum atomic E-state index is -0.854. The smallest absolute Gasteiger partial charge is 0.266 e. The number of benzene rings is 2. The monoisotopic (exact) mass is 370 g/mol. The zero-order valence-corrected chi connectivity index (χ0v) is 14.3. The largest absolute Gasteiger partial charge is 0.335 e. The molecule has 0 N–H and O–H groups in total. The van der Waals surface area contributed by atoms with Crippen molar-refractivity contribution >= 4 is 11.9 Å². The lowest BCUT2D eigenvalue weighted by atomic mass is 10.1. The van der Waals surface area contributed by atoms with Crippen LogP contribution in [0.4, 0.5) is 14.7 Å². The molecule has 1 fully saturated rings. The highest BCUT2D eigenvalue weighted by Crippen LogP contribution is 2.21. The molecule has 0 bridgehead atoms. The number of hydrogen-bond donors (Lipinski definition) is 0. The van der Waals surface area contributed by atoms with Crippen molar-refractivity contribution in [1.29, 1.82) is 0 Å². The average Bonchev–Trinajstić information content (AvgIpc) is 3.19. The molecule has 3 aromatic rings. The fraction of sp³-hybridized carbons (Fsp3) is 0.211. The second-order valence-electron chi connectivity index (χ2n) is 6.17. The molecule has 27 heavy (non-hydrogen) atoms. The third kappa shape index (κ3) is 3.51. The number of hydrogen-bond acceptors (Lipinski definition) is 5. The summed E-state index contributed by atoms with van der Waals surface area (Å²) in [7, 11) is 0. The number of rotatable bonds is 3. The fourth-order valence-corrected chi connectivity index (χ4v) is 2.98. The van der Waals surface area contributed by atoms with Crippen molar-refractivity contribution in [3.05, 3.63) is 65.7 Å². The van der Waals surface area contributed by atoms with Crippen LogP contribution in [0.3, 0.4) is 0 Å². The molecule has 1 saturated heterocycles. The van der Waals surface area contributed by atoms with E-state index in [1.807, 2.05) is 35.2 Å². The molecule has 0 unspecified atom stereocenters. The molecule has 0 spiro atoms. The maximum Gasteiger partial charge on any atom is 0.266 e. The molecule has 0 atom stereocenters. The molecule has 0 saturated carbocycles. The normalized spacial score (nSPS) is 14.4. The predicted octanol–water partition coefficient (Wildman–Crippen LogP) is 2.98. The van der Waals surface area contributed by atoms with Gasteiger partial charge in [-0.1, -0.05) is 18.2 Å². The van der Waals surface area contributed by atoms with Gasteiger partial charge in [-0.05, 0) is 29.4 Å². The first-order valence-electron chi connectivity index (χ1n) is 8.50. The summed E-state index contributed by atoms with van der Waals surface area (Å²) < 4.78 is 32.2. The molecule has 2 aromatic carbocycles. The summed E-state index contributed by atoms with van der Waals surface area (Å²) in [6, 6.07) is 12.4. The Hall–Kier alpha value is -3.29. The van der Waals surface area contributed by atoms with E-state index < -0.39 is 17.5 Å². The highest BCUT2D eigenvalue weighted by atomic mass is 19.1. The molecule has 6 nitrogen and oxygen atoms in total. The van der Waals surface area contributed by atoms with Crippen molar-refractivity contribution in [1.82, 2.24) is 15.0 Å². The molecule has 138 valence electrons. The third-order valence-corrected chi connectivity index (χ3v) is 4.45. The Morgan fingerprint density at radius 3 is 2.44 bits per heavy atom. The number of carbonyl (C=O) groups is 1. The van der Waals surface area contributed by atoms with E-state index >= 15 is 0 Å². The van der Waals surface area contributed by atoms with E-state index in [1.165, 1.54) is 11.0 Å². The van der Waals surface area contributed by atoms with Gasteiger partial charge in [-0.15, -0.1) is 0 Å². The summed E-state index contributed by atoms with van der Waals surface area (Å²) in [5.41, 5.74) is 0.702. The zero-order valence-electron chi connectivity index (χ0n) is 14.3. The van der Waals surface area contributed by atoms with E-state index in [-0.39, 0.29) is 5.56 Å². The summed E-state index contributed by atoms with van der Waals surface area (Å²) in [5.74, 6) is -1.13. The molecule has 4 rings (SSSR count). The summed E-state index contributed by atoms with van der Waals surface area (Å²) >= 11 is 0. The topological polar surface area (TPSA) is 62.5 Å². The third-order valence-electron chi connectivity index (χ3n) is 4.45. The highest BCUT2D eigenvalue weighted by Gasteiger charge is 2.26. The van der Waals surface area contributed by atoms with Crippen LogP contribution in [0.5, 0.6) is 0 Å². The van der Waals surface area contributed by atoms with Crippen molar-refractivity contribution in [2.24, 2.45) is 0 Å². The Kier molecular flexibility index (Phi) is 4.53. The quantitative estimate of drug-likeness (QED) is 0.709. The van der Waals surface area contributed by atoms with Crippen LogP contribution in [-0.2, 0) is 0 Å². The number of aromatic nitrogens is 2. The summed E-state index contributed by atoms with van der Waals surface area (Å²) in [5, 5.41) is 4.00. The van der Waals surface area contributed by atoms with E-state index in [9.17, 15) is 13.6 Å². The molecule has 1 aromatic heterocycles. The molecule has 1 aliphatic rings. The van der Waals surface area contributed by atoms with Crippen molar-refractivity contribution in [3.8, 4) is 11.5 Å². The molecule has 1 aliphatic heterocycles. The number of amides is 1. The molecule has 0 aliphatic carbocycles. The van der Waals surface area contributed by atoms with Gasteiger partial charge in [0.1, 0.15) is 11.6 Å². The van der Waals surface area contributed by atoms with Gasteiger partial charge in [0, 0.05) is 37.8 Å². The van der Waals surface area contributed by atoms with Crippen LogP contribution in [0.1, 0.15) is 10.4 Å². The van der Waals surface area contributed by atoms with Crippen molar-refractivity contribution in [2.75, 3.05) is 31.1 Å². The fourth-order valence-electron chi connectivity index (χ4n) is 2.98. The van der Waals surface area contributed by atoms with Crippen LogP contribution in [0, 0.1) is 11.6 Å². The van der Waals surface area contributed by atoms with Gasteiger partial charge >= 0.3 is 0 Å². The van der Waals surface area contributed by atoms with Crippen LogP contribution in [-0.4, -0.2) is 47.1 Å². The Labute approximate surface area is 154 Å². The van der Waals surface area contributed by atoms with Crippen LogP contribution < -0.4 is 4.90 Å². The summed E-state index contributed by atoms with van der Waals surface area (Å²) in [6.07, 6.45) is 0. The number of nitrogens with zero attached hydrogens (tertiary/aromatic N) is 4. The van der Waals surface area contributed by atoms with Gasteiger partial charge in [0.25, 0.3) is 17.7 Å². The van der Waals surface area contributed by atoms with Gasteiger partial charge in [-0.25, -0.2) is 8.78 Å². The van der Waals surface area contributed by atoms with Crippen LogP contribution in [0.15, 0.2) is 53.1 Å². The molecule has 2 heterocycles. The molecular formula is C19H16F2N4O2. The van der Waals surface area contributed by atoms with Gasteiger partial charge in [0.2, 0.25) is 0 Å². The lowest BCUT2D eigenvalue weighted by molar-refractivity contribution is 0.0741. The van der Waals surface area contributed by atoms with E-state index in [0.29, 0.717) is 44.1 Å². The van der Waals surface area contributed by atoms with E-state index in [4.69, 9.17) is 4.52 Å².